The largest absolute Gasteiger partial charge is 0.369 e. The van der Waals surface area contributed by atoms with Gasteiger partial charge < -0.3 is 10.2 Å². The predicted octanol–water partition coefficient (Wildman–Crippen LogP) is 2.86. The molecule has 1 fully saturated rings. The Balaban J connectivity index is 1.42. The second-order valence-corrected chi connectivity index (χ2v) is 6.80. The number of nitrogens with zero attached hydrogens (tertiary/aromatic N) is 2. The number of benzene rings is 2. The molecule has 132 valence electrons. The first kappa shape index (κ1) is 17.5. The summed E-state index contributed by atoms with van der Waals surface area (Å²) in [7, 11) is 0. The van der Waals surface area contributed by atoms with E-state index in [2.05, 4.69) is 51.5 Å². The van der Waals surface area contributed by atoms with E-state index in [1.807, 2.05) is 26.0 Å². The molecule has 1 amide bonds. The number of piperazine rings is 1. The van der Waals surface area contributed by atoms with Crippen LogP contribution in [0.4, 0.5) is 5.69 Å². The molecule has 1 aliphatic heterocycles. The number of aryl methyl sites for hydroxylation is 2. The highest BCUT2D eigenvalue weighted by molar-refractivity contribution is 5.94. The fourth-order valence-corrected chi connectivity index (χ4v) is 3.40. The summed E-state index contributed by atoms with van der Waals surface area (Å²) in [6.07, 6.45) is 0. The first-order valence-electron chi connectivity index (χ1n) is 9.01. The molecule has 1 heterocycles. The van der Waals surface area contributed by atoms with Gasteiger partial charge in [0, 0.05) is 50.5 Å². The topological polar surface area (TPSA) is 35.6 Å². The molecule has 0 aliphatic carbocycles. The quantitative estimate of drug-likeness (QED) is 0.911. The average molecular weight is 337 g/mol. The lowest BCUT2D eigenvalue weighted by Gasteiger charge is -2.36. The molecule has 1 aliphatic rings. The van der Waals surface area contributed by atoms with Crippen molar-refractivity contribution in [3.8, 4) is 0 Å². The number of nitrogens with one attached hydrogen (secondary N) is 1. The van der Waals surface area contributed by atoms with Crippen LogP contribution in [0.15, 0.2) is 48.5 Å². The standard InChI is InChI=1S/C21H27N3O/c1-17-14-18(2)16-19(15-17)21(25)22-8-9-23-10-12-24(13-11-23)20-6-4-3-5-7-20/h3-7,14-16H,8-13H2,1-2H3,(H,22,25). The lowest BCUT2D eigenvalue weighted by molar-refractivity contribution is 0.0947. The first-order chi connectivity index (χ1) is 12.1. The maximum Gasteiger partial charge on any atom is 0.251 e. The zero-order chi connectivity index (χ0) is 17.6. The van der Waals surface area contributed by atoms with Crippen LogP contribution in [0.1, 0.15) is 21.5 Å². The van der Waals surface area contributed by atoms with E-state index in [-0.39, 0.29) is 5.91 Å². The van der Waals surface area contributed by atoms with Crippen LogP contribution >= 0.6 is 0 Å². The van der Waals surface area contributed by atoms with Gasteiger partial charge in [-0.2, -0.15) is 0 Å². The Morgan fingerprint density at radius 1 is 0.960 bits per heavy atom. The van der Waals surface area contributed by atoms with E-state index in [0.29, 0.717) is 6.54 Å². The number of hydrogen-bond donors (Lipinski definition) is 1. The fourth-order valence-electron chi connectivity index (χ4n) is 3.40. The van der Waals surface area contributed by atoms with Gasteiger partial charge in [-0.05, 0) is 38.1 Å². The van der Waals surface area contributed by atoms with Gasteiger partial charge in [0.1, 0.15) is 0 Å². The second-order valence-electron chi connectivity index (χ2n) is 6.80. The number of hydrogen-bond acceptors (Lipinski definition) is 3. The van der Waals surface area contributed by atoms with Crippen molar-refractivity contribution in [3.05, 3.63) is 65.2 Å². The summed E-state index contributed by atoms with van der Waals surface area (Å²) in [6.45, 7) is 9.79. The van der Waals surface area contributed by atoms with Crippen molar-refractivity contribution in [2.24, 2.45) is 0 Å². The van der Waals surface area contributed by atoms with Gasteiger partial charge >= 0.3 is 0 Å². The van der Waals surface area contributed by atoms with E-state index in [0.717, 1.165) is 49.4 Å². The van der Waals surface area contributed by atoms with Crippen LogP contribution in [0.2, 0.25) is 0 Å². The highest BCUT2D eigenvalue weighted by atomic mass is 16.1. The van der Waals surface area contributed by atoms with E-state index >= 15 is 0 Å². The molecule has 2 aromatic rings. The molecule has 3 rings (SSSR count). The van der Waals surface area contributed by atoms with Crippen molar-refractivity contribution >= 4 is 11.6 Å². The Morgan fingerprint density at radius 2 is 1.60 bits per heavy atom. The number of para-hydroxylation sites is 1. The van der Waals surface area contributed by atoms with Crippen molar-refractivity contribution in [2.45, 2.75) is 13.8 Å². The van der Waals surface area contributed by atoms with Crippen molar-refractivity contribution < 1.29 is 4.79 Å². The molecular weight excluding hydrogens is 310 g/mol. The number of rotatable bonds is 5. The van der Waals surface area contributed by atoms with E-state index in [1.165, 1.54) is 5.69 Å². The number of amides is 1. The van der Waals surface area contributed by atoms with Gasteiger partial charge in [0.2, 0.25) is 0 Å². The normalized spacial score (nSPS) is 15.2. The van der Waals surface area contributed by atoms with Gasteiger partial charge in [-0.25, -0.2) is 0 Å². The minimum absolute atomic E-state index is 0.0229. The molecule has 1 saturated heterocycles. The summed E-state index contributed by atoms with van der Waals surface area (Å²) >= 11 is 0. The highest BCUT2D eigenvalue weighted by Gasteiger charge is 2.17. The summed E-state index contributed by atoms with van der Waals surface area (Å²) in [5.74, 6) is 0.0229. The van der Waals surface area contributed by atoms with Crippen LogP contribution in [0.5, 0.6) is 0 Å². The van der Waals surface area contributed by atoms with Crippen LogP contribution in [0, 0.1) is 13.8 Å². The maximum atomic E-state index is 12.3. The molecule has 4 nitrogen and oxygen atoms in total. The number of carbonyl (C=O) groups is 1. The summed E-state index contributed by atoms with van der Waals surface area (Å²) in [6, 6.07) is 16.5. The fraction of sp³-hybridized carbons (Fsp3) is 0.381. The van der Waals surface area contributed by atoms with Gasteiger partial charge in [0.25, 0.3) is 5.91 Å². The van der Waals surface area contributed by atoms with E-state index in [1.54, 1.807) is 0 Å². The molecule has 2 aromatic carbocycles. The second kappa shape index (κ2) is 8.17. The van der Waals surface area contributed by atoms with Gasteiger partial charge in [0.05, 0.1) is 0 Å². The van der Waals surface area contributed by atoms with Crippen molar-refractivity contribution in [3.63, 3.8) is 0 Å². The Labute approximate surface area is 150 Å². The van der Waals surface area contributed by atoms with Crippen molar-refractivity contribution in [1.82, 2.24) is 10.2 Å². The minimum atomic E-state index is 0.0229. The van der Waals surface area contributed by atoms with Crippen LogP contribution in [-0.2, 0) is 0 Å². The molecule has 0 atom stereocenters. The van der Waals surface area contributed by atoms with E-state index in [4.69, 9.17) is 0 Å². The Morgan fingerprint density at radius 3 is 2.24 bits per heavy atom. The summed E-state index contributed by atoms with van der Waals surface area (Å²) < 4.78 is 0. The van der Waals surface area contributed by atoms with Crippen molar-refractivity contribution in [2.75, 3.05) is 44.2 Å². The molecule has 0 bridgehead atoms. The molecule has 0 radical (unpaired) electrons. The van der Waals surface area contributed by atoms with Gasteiger partial charge in [-0.3, -0.25) is 9.69 Å². The van der Waals surface area contributed by atoms with Crippen LogP contribution in [0.25, 0.3) is 0 Å². The highest BCUT2D eigenvalue weighted by Crippen LogP contribution is 2.15. The Hall–Kier alpha value is -2.33. The first-order valence-corrected chi connectivity index (χ1v) is 9.01. The SMILES string of the molecule is Cc1cc(C)cc(C(=O)NCCN2CCN(c3ccccc3)CC2)c1. The zero-order valence-electron chi connectivity index (χ0n) is 15.2. The average Bonchev–Trinajstić information content (AvgIpc) is 2.62. The summed E-state index contributed by atoms with van der Waals surface area (Å²) in [4.78, 5) is 17.1. The lowest BCUT2D eigenvalue weighted by Crippen LogP contribution is -2.48. The zero-order valence-corrected chi connectivity index (χ0v) is 15.2. The third-order valence-corrected chi connectivity index (χ3v) is 4.69. The molecule has 0 aromatic heterocycles. The molecule has 0 spiro atoms. The Bertz CT molecular complexity index is 686. The van der Waals surface area contributed by atoms with Crippen molar-refractivity contribution in [1.29, 1.82) is 0 Å². The monoisotopic (exact) mass is 337 g/mol. The predicted molar refractivity (Wildman–Crippen MR) is 103 cm³/mol. The summed E-state index contributed by atoms with van der Waals surface area (Å²) in [5, 5.41) is 3.05. The molecular formula is C21H27N3O. The van der Waals surface area contributed by atoms with Crippen LogP contribution in [-0.4, -0.2) is 50.1 Å². The van der Waals surface area contributed by atoms with Gasteiger partial charge in [-0.1, -0.05) is 35.4 Å². The van der Waals surface area contributed by atoms with Crippen LogP contribution < -0.4 is 10.2 Å². The molecule has 1 N–H and O–H groups in total. The van der Waals surface area contributed by atoms with Gasteiger partial charge in [-0.15, -0.1) is 0 Å². The van der Waals surface area contributed by atoms with Crippen LogP contribution in [0.3, 0.4) is 0 Å². The van der Waals surface area contributed by atoms with E-state index < -0.39 is 0 Å². The third-order valence-electron chi connectivity index (χ3n) is 4.69. The molecule has 0 saturated carbocycles. The smallest absolute Gasteiger partial charge is 0.251 e. The summed E-state index contributed by atoms with van der Waals surface area (Å²) in [5.41, 5.74) is 4.31. The number of carbonyl (C=O) groups excluding carboxylic acids is 1. The molecule has 4 heteroatoms. The van der Waals surface area contributed by atoms with E-state index in [9.17, 15) is 4.79 Å². The number of anilines is 1. The third kappa shape index (κ3) is 4.83. The maximum absolute atomic E-state index is 12.3. The molecule has 25 heavy (non-hydrogen) atoms. The molecule has 0 unspecified atom stereocenters. The Kier molecular flexibility index (Phi) is 5.71. The lowest BCUT2D eigenvalue weighted by atomic mass is 10.1. The van der Waals surface area contributed by atoms with Gasteiger partial charge in [0.15, 0.2) is 0 Å². The minimum Gasteiger partial charge on any atom is -0.369 e.